The maximum Gasteiger partial charge on any atom is 0.201 e. The molecule has 0 saturated carbocycles. The van der Waals surface area contributed by atoms with Gasteiger partial charge in [0, 0.05) is 0 Å². The van der Waals surface area contributed by atoms with Crippen molar-refractivity contribution in [3.63, 3.8) is 0 Å². The van der Waals surface area contributed by atoms with Gasteiger partial charge in [0.2, 0.25) is 5.75 Å². The van der Waals surface area contributed by atoms with Crippen LogP contribution in [-0.4, -0.2) is 16.8 Å². The molecule has 0 aliphatic rings. The van der Waals surface area contributed by atoms with E-state index in [1.54, 1.807) is 6.92 Å². The van der Waals surface area contributed by atoms with Gasteiger partial charge in [0.1, 0.15) is 0 Å². The van der Waals surface area contributed by atoms with Crippen LogP contribution in [0.2, 0.25) is 0 Å². The minimum atomic E-state index is -0.125. The highest BCUT2D eigenvalue weighted by Gasteiger charge is 2.17. The lowest BCUT2D eigenvalue weighted by Crippen LogP contribution is -2.01. The zero-order valence-corrected chi connectivity index (χ0v) is 14.7. The van der Waals surface area contributed by atoms with Gasteiger partial charge >= 0.3 is 0 Å². The normalized spacial score (nSPS) is 10.9. The van der Waals surface area contributed by atoms with Crippen LogP contribution >= 0.6 is 0 Å². The topological polar surface area (TPSA) is 49.7 Å². The number of hydrogen-bond donors (Lipinski definition) is 2. The van der Waals surface area contributed by atoms with E-state index in [4.69, 9.17) is 4.74 Å². The Bertz CT molecular complexity index is 437. The van der Waals surface area contributed by atoms with Crippen LogP contribution in [0.3, 0.4) is 0 Å². The zero-order chi connectivity index (χ0) is 16.5. The Balaban J connectivity index is 2.34. The molecule has 0 aliphatic carbocycles. The van der Waals surface area contributed by atoms with Crippen molar-refractivity contribution in [2.75, 3.05) is 6.61 Å². The van der Waals surface area contributed by atoms with Crippen LogP contribution in [0, 0.1) is 20.8 Å². The van der Waals surface area contributed by atoms with Crippen molar-refractivity contribution in [2.24, 2.45) is 0 Å². The molecule has 0 spiro atoms. The van der Waals surface area contributed by atoms with Gasteiger partial charge in [0.25, 0.3) is 0 Å². The molecule has 126 valence electrons. The SMILES string of the molecule is CCCCCCCCCCOc1c(C)c(C)c(C)c(O)c1O. The van der Waals surface area contributed by atoms with Crippen molar-refractivity contribution < 1.29 is 14.9 Å². The number of unbranched alkanes of at least 4 members (excludes halogenated alkanes) is 7. The van der Waals surface area contributed by atoms with Gasteiger partial charge in [-0.3, -0.25) is 0 Å². The standard InChI is InChI=1S/C19H32O3/c1-5-6-7-8-9-10-11-12-13-22-19-16(4)14(2)15(3)17(20)18(19)21/h20-21H,5-13H2,1-4H3. The molecular weight excluding hydrogens is 276 g/mol. The number of phenolic OH excluding ortho intramolecular Hbond substituents is 2. The Labute approximate surface area is 135 Å². The van der Waals surface area contributed by atoms with Crippen LogP contribution < -0.4 is 4.74 Å². The van der Waals surface area contributed by atoms with Crippen LogP contribution in [0.1, 0.15) is 75.0 Å². The molecule has 0 aromatic heterocycles. The highest BCUT2D eigenvalue weighted by atomic mass is 16.5. The molecule has 0 unspecified atom stereocenters. The van der Waals surface area contributed by atoms with E-state index in [0.29, 0.717) is 12.4 Å². The highest BCUT2D eigenvalue weighted by Crippen LogP contribution is 2.43. The van der Waals surface area contributed by atoms with Gasteiger partial charge in [-0.15, -0.1) is 0 Å². The first-order chi connectivity index (χ1) is 10.5. The largest absolute Gasteiger partial charge is 0.504 e. The predicted octanol–water partition coefficient (Wildman–Crippen LogP) is 5.54. The third-order valence-corrected chi connectivity index (χ3v) is 4.50. The van der Waals surface area contributed by atoms with E-state index >= 15 is 0 Å². The fourth-order valence-electron chi connectivity index (χ4n) is 2.68. The summed E-state index contributed by atoms with van der Waals surface area (Å²) in [6.07, 6.45) is 10.0. The van der Waals surface area contributed by atoms with Crippen molar-refractivity contribution in [2.45, 2.75) is 79.1 Å². The second kappa shape index (κ2) is 9.60. The third-order valence-electron chi connectivity index (χ3n) is 4.50. The summed E-state index contributed by atoms with van der Waals surface area (Å²) < 4.78 is 5.72. The summed E-state index contributed by atoms with van der Waals surface area (Å²) in [6.45, 7) is 8.49. The molecule has 0 atom stereocenters. The average Bonchev–Trinajstić information content (AvgIpc) is 2.52. The summed E-state index contributed by atoms with van der Waals surface area (Å²) in [5, 5.41) is 19.9. The second-order valence-corrected chi connectivity index (χ2v) is 6.22. The molecule has 1 aromatic carbocycles. The predicted molar refractivity (Wildman–Crippen MR) is 92.1 cm³/mol. The Kier molecular flexibility index (Phi) is 8.15. The monoisotopic (exact) mass is 308 g/mol. The van der Waals surface area contributed by atoms with Crippen LogP contribution in [-0.2, 0) is 0 Å². The van der Waals surface area contributed by atoms with E-state index in [-0.39, 0.29) is 11.5 Å². The summed E-state index contributed by atoms with van der Waals surface area (Å²) >= 11 is 0. The van der Waals surface area contributed by atoms with Crippen LogP contribution in [0.5, 0.6) is 17.2 Å². The molecule has 0 heterocycles. The fraction of sp³-hybridized carbons (Fsp3) is 0.684. The van der Waals surface area contributed by atoms with Gasteiger partial charge in [-0.05, 0) is 43.9 Å². The average molecular weight is 308 g/mol. The lowest BCUT2D eigenvalue weighted by atomic mass is 10.0. The molecule has 22 heavy (non-hydrogen) atoms. The van der Waals surface area contributed by atoms with Crippen molar-refractivity contribution in [1.82, 2.24) is 0 Å². The van der Waals surface area contributed by atoms with Crippen molar-refractivity contribution in [3.05, 3.63) is 16.7 Å². The number of rotatable bonds is 10. The van der Waals surface area contributed by atoms with E-state index in [9.17, 15) is 10.2 Å². The first kappa shape index (κ1) is 18.7. The number of ether oxygens (including phenoxy) is 1. The number of aromatic hydroxyl groups is 2. The van der Waals surface area contributed by atoms with Crippen molar-refractivity contribution in [3.8, 4) is 17.2 Å². The van der Waals surface area contributed by atoms with Gasteiger partial charge in [-0.2, -0.15) is 0 Å². The number of phenols is 2. The second-order valence-electron chi connectivity index (χ2n) is 6.22. The quantitative estimate of drug-likeness (QED) is 0.440. The summed E-state index contributed by atoms with van der Waals surface area (Å²) in [6, 6.07) is 0. The van der Waals surface area contributed by atoms with Gasteiger partial charge in [0.15, 0.2) is 11.5 Å². The first-order valence-electron chi connectivity index (χ1n) is 8.65. The molecule has 0 saturated heterocycles. The van der Waals surface area contributed by atoms with Gasteiger partial charge in [-0.25, -0.2) is 0 Å². The molecule has 3 heteroatoms. The Morgan fingerprint density at radius 2 is 1.23 bits per heavy atom. The van der Waals surface area contributed by atoms with Gasteiger partial charge in [-0.1, -0.05) is 51.9 Å². The molecular formula is C19H32O3. The summed E-state index contributed by atoms with van der Waals surface area (Å²) in [4.78, 5) is 0. The zero-order valence-electron chi connectivity index (χ0n) is 14.7. The van der Waals surface area contributed by atoms with E-state index in [0.717, 1.165) is 29.5 Å². The molecule has 0 fully saturated rings. The highest BCUT2D eigenvalue weighted by molar-refractivity contribution is 5.61. The molecule has 0 aliphatic heterocycles. The Hall–Kier alpha value is -1.38. The summed E-state index contributed by atoms with van der Waals surface area (Å²) in [5.74, 6) is 0.248. The minimum absolute atomic E-state index is 0.0611. The van der Waals surface area contributed by atoms with E-state index in [1.807, 2.05) is 13.8 Å². The lowest BCUT2D eigenvalue weighted by molar-refractivity contribution is 0.280. The maximum atomic E-state index is 10.0. The van der Waals surface area contributed by atoms with Crippen LogP contribution in [0.4, 0.5) is 0 Å². The van der Waals surface area contributed by atoms with Gasteiger partial charge in [0.05, 0.1) is 6.61 Å². The number of benzene rings is 1. The van der Waals surface area contributed by atoms with Gasteiger partial charge < -0.3 is 14.9 Å². The fourth-order valence-corrected chi connectivity index (χ4v) is 2.68. The molecule has 3 nitrogen and oxygen atoms in total. The molecule has 0 radical (unpaired) electrons. The van der Waals surface area contributed by atoms with Crippen molar-refractivity contribution >= 4 is 0 Å². The Morgan fingerprint density at radius 3 is 1.82 bits per heavy atom. The van der Waals surface area contributed by atoms with Crippen LogP contribution in [0.15, 0.2) is 0 Å². The molecule has 1 rings (SSSR count). The van der Waals surface area contributed by atoms with Crippen LogP contribution in [0.25, 0.3) is 0 Å². The summed E-state index contributed by atoms with van der Waals surface area (Å²) in [7, 11) is 0. The van der Waals surface area contributed by atoms with E-state index in [1.165, 1.54) is 38.5 Å². The maximum absolute atomic E-state index is 10.0. The molecule has 2 N–H and O–H groups in total. The van der Waals surface area contributed by atoms with E-state index < -0.39 is 0 Å². The van der Waals surface area contributed by atoms with E-state index in [2.05, 4.69) is 6.92 Å². The Morgan fingerprint density at radius 1 is 0.682 bits per heavy atom. The minimum Gasteiger partial charge on any atom is -0.504 e. The lowest BCUT2D eigenvalue weighted by Gasteiger charge is -2.16. The number of hydrogen-bond acceptors (Lipinski definition) is 3. The first-order valence-corrected chi connectivity index (χ1v) is 8.65. The molecule has 0 amide bonds. The molecule has 0 bridgehead atoms. The smallest absolute Gasteiger partial charge is 0.201 e. The van der Waals surface area contributed by atoms with Crippen molar-refractivity contribution in [1.29, 1.82) is 0 Å². The summed E-state index contributed by atoms with van der Waals surface area (Å²) in [5.41, 5.74) is 2.60. The third kappa shape index (κ3) is 5.11. The molecule has 1 aromatic rings.